The predicted octanol–water partition coefficient (Wildman–Crippen LogP) is 5.63. The summed E-state index contributed by atoms with van der Waals surface area (Å²) in [5.41, 5.74) is -0.314. The summed E-state index contributed by atoms with van der Waals surface area (Å²) in [5, 5.41) is 3.49. The fraction of sp³-hybridized carbons (Fsp3) is 0.400. The van der Waals surface area contributed by atoms with Crippen molar-refractivity contribution in [1.82, 2.24) is 8.87 Å². The minimum atomic E-state index is -4.06. The van der Waals surface area contributed by atoms with Crippen LogP contribution in [0.5, 0.6) is 0 Å². The summed E-state index contributed by atoms with van der Waals surface area (Å²) in [5.74, 6) is 0. The molecule has 35 heavy (non-hydrogen) atoms. The molecule has 1 aliphatic heterocycles. The number of halogens is 2. The molecule has 0 aliphatic carbocycles. The molecule has 1 saturated heterocycles. The number of ether oxygens (including phenoxy) is 1. The van der Waals surface area contributed by atoms with Gasteiger partial charge in [0.1, 0.15) is 5.60 Å². The fourth-order valence-corrected chi connectivity index (χ4v) is 5.62. The zero-order valence-electron chi connectivity index (χ0n) is 19.9. The Kier molecular flexibility index (Phi) is 6.77. The number of benzene rings is 2. The number of piperidine rings is 1. The van der Waals surface area contributed by atoms with Gasteiger partial charge < -0.3 is 15.0 Å². The zero-order chi connectivity index (χ0) is 25.4. The third kappa shape index (κ3) is 5.27. The quantitative estimate of drug-likeness (QED) is 0.486. The molecule has 0 spiro atoms. The predicted molar refractivity (Wildman–Crippen MR) is 130 cm³/mol. The second kappa shape index (κ2) is 9.49. The monoisotopic (exact) mass is 505 g/mol. The van der Waals surface area contributed by atoms with E-state index in [1.165, 1.54) is 18.2 Å². The minimum absolute atomic E-state index is 0.0191. The number of likely N-dealkylation sites (tertiary alicyclic amines) is 1. The average molecular weight is 506 g/mol. The highest BCUT2D eigenvalue weighted by molar-refractivity contribution is 7.90. The lowest BCUT2D eigenvalue weighted by Gasteiger charge is -2.34. The number of fused-ring (bicyclic) bond motifs is 1. The Morgan fingerprint density at radius 2 is 1.71 bits per heavy atom. The number of nitrogens with one attached hydrogen (secondary N) is 1. The molecule has 3 aromatic rings. The number of amides is 1. The standard InChI is InChI=1S/C25H29F2N3O4S/c1-25(2,3)34-24(31)29-14-12-17(13-15-29)28-20-10-7-11-21-22(20)19(23(26)27)16-30(21)35(32,33)18-8-5-4-6-9-18/h4-11,16-17,23,28H,12-15H2,1-3H3. The van der Waals surface area contributed by atoms with Crippen molar-refractivity contribution in [2.45, 2.75) is 56.6 Å². The molecule has 1 aromatic heterocycles. The van der Waals surface area contributed by atoms with Crippen LogP contribution in [0.25, 0.3) is 10.9 Å². The van der Waals surface area contributed by atoms with Crippen LogP contribution in [-0.2, 0) is 14.8 Å². The van der Waals surface area contributed by atoms with E-state index < -0.39 is 22.0 Å². The van der Waals surface area contributed by atoms with Gasteiger partial charge in [-0.25, -0.2) is 26.0 Å². The number of aromatic nitrogens is 1. The Balaban J connectivity index is 1.61. The molecule has 0 atom stereocenters. The molecule has 1 amide bonds. The average Bonchev–Trinajstić information content (AvgIpc) is 3.21. The first kappa shape index (κ1) is 25.0. The van der Waals surface area contributed by atoms with Crippen molar-refractivity contribution >= 4 is 32.7 Å². The summed E-state index contributed by atoms with van der Waals surface area (Å²) in [6.07, 6.45) is -1.03. The van der Waals surface area contributed by atoms with Gasteiger partial charge in [0.2, 0.25) is 0 Å². The molecule has 1 aliphatic rings. The largest absolute Gasteiger partial charge is 0.444 e. The van der Waals surface area contributed by atoms with Crippen LogP contribution in [0.3, 0.4) is 0 Å². The van der Waals surface area contributed by atoms with Gasteiger partial charge in [0.05, 0.1) is 10.4 Å². The van der Waals surface area contributed by atoms with Crippen LogP contribution in [0, 0.1) is 0 Å². The fourth-order valence-electron chi connectivity index (χ4n) is 4.23. The van der Waals surface area contributed by atoms with Gasteiger partial charge >= 0.3 is 6.09 Å². The van der Waals surface area contributed by atoms with Crippen molar-refractivity contribution in [3.63, 3.8) is 0 Å². The van der Waals surface area contributed by atoms with Crippen LogP contribution in [0.1, 0.15) is 45.6 Å². The summed E-state index contributed by atoms with van der Waals surface area (Å²) in [6, 6.07) is 12.5. The molecule has 7 nitrogen and oxygen atoms in total. The molecule has 2 aromatic carbocycles. The molecule has 2 heterocycles. The highest BCUT2D eigenvalue weighted by Gasteiger charge is 2.29. The zero-order valence-corrected chi connectivity index (χ0v) is 20.7. The van der Waals surface area contributed by atoms with Crippen molar-refractivity contribution in [2.24, 2.45) is 0 Å². The van der Waals surface area contributed by atoms with Gasteiger partial charge in [-0.05, 0) is 57.9 Å². The van der Waals surface area contributed by atoms with E-state index >= 15 is 0 Å². The first-order valence-corrected chi connectivity index (χ1v) is 12.9. The lowest BCUT2D eigenvalue weighted by atomic mass is 10.0. The number of hydrogen-bond acceptors (Lipinski definition) is 5. The number of hydrogen-bond donors (Lipinski definition) is 1. The third-order valence-corrected chi connectivity index (χ3v) is 7.55. The molecule has 1 fully saturated rings. The van der Waals surface area contributed by atoms with Crippen molar-refractivity contribution in [3.05, 3.63) is 60.3 Å². The Hall–Kier alpha value is -3.14. The van der Waals surface area contributed by atoms with Gasteiger partial charge in [-0.15, -0.1) is 0 Å². The topological polar surface area (TPSA) is 80.6 Å². The Bertz CT molecular complexity index is 1310. The Morgan fingerprint density at radius 1 is 1.06 bits per heavy atom. The first-order valence-electron chi connectivity index (χ1n) is 11.4. The molecule has 0 radical (unpaired) electrons. The third-order valence-electron chi connectivity index (χ3n) is 5.87. The van der Waals surface area contributed by atoms with E-state index in [-0.39, 0.29) is 33.5 Å². The van der Waals surface area contributed by atoms with Crippen LogP contribution in [0.15, 0.2) is 59.6 Å². The first-order chi connectivity index (χ1) is 16.5. The van der Waals surface area contributed by atoms with Crippen molar-refractivity contribution < 1.29 is 26.7 Å². The summed E-state index contributed by atoms with van der Waals surface area (Å²) in [6.45, 7) is 6.36. The summed E-state index contributed by atoms with van der Waals surface area (Å²) in [7, 11) is -4.06. The SMILES string of the molecule is CC(C)(C)OC(=O)N1CCC(Nc2cccc3c2c(C(F)F)cn3S(=O)(=O)c2ccccc2)CC1. The number of rotatable bonds is 5. The maximum absolute atomic E-state index is 14.0. The Morgan fingerprint density at radius 3 is 2.31 bits per heavy atom. The van der Waals surface area contributed by atoms with E-state index in [1.54, 1.807) is 35.2 Å². The number of anilines is 1. The lowest BCUT2D eigenvalue weighted by molar-refractivity contribution is 0.0210. The van der Waals surface area contributed by atoms with E-state index in [9.17, 15) is 22.0 Å². The number of alkyl halides is 2. The van der Waals surface area contributed by atoms with Crippen molar-refractivity contribution in [2.75, 3.05) is 18.4 Å². The molecule has 0 bridgehead atoms. The molecule has 0 unspecified atom stereocenters. The summed E-state index contributed by atoms with van der Waals surface area (Å²) in [4.78, 5) is 14.0. The van der Waals surface area contributed by atoms with Crippen LogP contribution in [0.2, 0.25) is 0 Å². The highest BCUT2D eigenvalue weighted by atomic mass is 32.2. The maximum Gasteiger partial charge on any atom is 0.410 e. The molecule has 188 valence electrons. The Labute approximate surface area is 203 Å². The van der Waals surface area contributed by atoms with E-state index in [0.29, 0.717) is 31.6 Å². The number of carbonyl (C=O) groups is 1. The molecule has 1 N–H and O–H groups in total. The number of nitrogens with zero attached hydrogens (tertiary/aromatic N) is 2. The van der Waals surface area contributed by atoms with Gasteiger partial charge in [0.25, 0.3) is 16.4 Å². The summed E-state index contributed by atoms with van der Waals surface area (Å²) < 4.78 is 60.9. The van der Waals surface area contributed by atoms with Gasteiger partial charge in [-0.3, -0.25) is 0 Å². The van der Waals surface area contributed by atoms with Gasteiger partial charge in [0, 0.05) is 42.0 Å². The van der Waals surface area contributed by atoms with Gasteiger partial charge in [0.15, 0.2) is 0 Å². The van der Waals surface area contributed by atoms with E-state index in [0.717, 1.165) is 10.2 Å². The number of carbonyl (C=O) groups excluding carboxylic acids is 1. The molecule has 10 heteroatoms. The van der Waals surface area contributed by atoms with Crippen molar-refractivity contribution in [1.29, 1.82) is 0 Å². The van der Waals surface area contributed by atoms with Gasteiger partial charge in [-0.1, -0.05) is 24.3 Å². The van der Waals surface area contributed by atoms with Crippen LogP contribution in [0.4, 0.5) is 19.3 Å². The van der Waals surface area contributed by atoms with Crippen molar-refractivity contribution in [3.8, 4) is 0 Å². The summed E-state index contributed by atoms with van der Waals surface area (Å²) >= 11 is 0. The highest BCUT2D eigenvalue weighted by Crippen LogP contribution is 2.37. The van der Waals surface area contributed by atoms with Crippen LogP contribution < -0.4 is 5.32 Å². The molecule has 0 saturated carbocycles. The maximum atomic E-state index is 14.0. The molecular weight excluding hydrogens is 476 g/mol. The molecule has 4 rings (SSSR count). The van der Waals surface area contributed by atoms with E-state index in [2.05, 4.69) is 5.32 Å². The van der Waals surface area contributed by atoms with E-state index in [1.807, 2.05) is 20.8 Å². The van der Waals surface area contributed by atoms with E-state index in [4.69, 9.17) is 4.74 Å². The lowest BCUT2D eigenvalue weighted by Crippen LogP contribution is -2.44. The van der Waals surface area contributed by atoms with Crippen LogP contribution >= 0.6 is 0 Å². The second-order valence-electron chi connectivity index (χ2n) is 9.58. The van der Waals surface area contributed by atoms with Crippen LogP contribution in [-0.4, -0.2) is 48.1 Å². The minimum Gasteiger partial charge on any atom is -0.444 e. The van der Waals surface area contributed by atoms with Gasteiger partial charge in [-0.2, -0.15) is 0 Å². The molecular formula is C25H29F2N3O4S. The normalized spacial score (nSPS) is 15.5. The second-order valence-corrected chi connectivity index (χ2v) is 11.4. The smallest absolute Gasteiger partial charge is 0.410 e.